The first-order chi connectivity index (χ1) is 17.0. The summed E-state index contributed by atoms with van der Waals surface area (Å²) in [6, 6.07) is 6.08. The zero-order chi connectivity index (χ0) is 24.6. The normalized spacial score (nSPS) is 17.2. The smallest absolute Gasteiger partial charge is 0.302 e. The zero-order valence-corrected chi connectivity index (χ0v) is 20.6. The molecule has 4 rings (SSSR count). The van der Waals surface area contributed by atoms with Crippen LogP contribution >= 0.6 is 0 Å². The first-order valence-electron chi connectivity index (χ1n) is 12.8. The summed E-state index contributed by atoms with van der Waals surface area (Å²) >= 11 is 0. The molecule has 2 amide bonds. The second-order valence-corrected chi connectivity index (χ2v) is 9.51. The summed E-state index contributed by atoms with van der Waals surface area (Å²) in [6.45, 7) is 3.96. The van der Waals surface area contributed by atoms with E-state index in [9.17, 15) is 14.4 Å². The van der Waals surface area contributed by atoms with Gasteiger partial charge in [0.05, 0.1) is 18.9 Å². The Morgan fingerprint density at radius 2 is 1.94 bits per heavy atom. The molecule has 1 aromatic carbocycles. The van der Waals surface area contributed by atoms with Gasteiger partial charge in [0, 0.05) is 38.0 Å². The minimum absolute atomic E-state index is 0.0376. The fraction of sp³-hybridized carbons (Fsp3) is 0.615. The number of amides is 2. The average molecular weight is 485 g/mol. The number of aliphatic imine (C=N–C) groups is 1. The number of guanidine groups is 1. The molecular formula is C26H36N4O5. The van der Waals surface area contributed by atoms with Crippen molar-refractivity contribution < 1.29 is 23.9 Å². The van der Waals surface area contributed by atoms with Gasteiger partial charge in [-0.2, -0.15) is 0 Å². The predicted molar refractivity (Wildman–Crippen MR) is 131 cm³/mol. The van der Waals surface area contributed by atoms with Crippen LogP contribution in [0, 0.1) is 0 Å². The molecular weight excluding hydrogens is 448 g/mol. The summed E-state index contributed by atoms with van der Waals surface area (Å²) in [5, 5.41) is 2.77. The molecule has 35 heavy (non-hydrogen) atoms. The molecule has 0 radical (unpaired) electrons. The molecule has 0 atom stereocenters. The van der Waals surface area contributed by atoms with Crippen molar-refractivity contribution in [3.63, 3.8) is 0 Å². The van der Waals surface area contributed by atoms with Crippen LogP contribution in [0.5, 0.6) is 5.75 Å². The van der Waals surface area contributed by atoms with Crippen molar-refractivity contribution >= 4 is 29.4 Å². The highest BCUT2D eigenvalue weighted by Gasteiger charge is 2.29. The molecule has 9 heteroatoms. The van der Waals surface area contributed by atoms with E-state index < -0.39 is 0 Å². The van der Waals surface area contributed by atoms with Gasteiger partial charge in [-0.3, -0.25) is 19.7 Å². The Hall–Kier alpha value is -3.10. The van der Waals surface area contributed by atoms with Crippen LogP contribution in [-0.2, 0) is 25.7 Å². The van der Waals surface area contributed by atoms with Crippen molar-refractivity contribution in [2.75, 3.05) is 26.3 Å². The highest BCUT2D eigenvalue weighted by molar-refractivity contribution is 6.05. The van der Waals surface area contributed by atoms with E-state index in [1.807, 2.05) is 23.1 Å². The van der Waals surface area contributed by atoms with E-state index in [2.05, 4.69) is 15.2 Å². The molecule has 1 saturated carbocycles. The van der Waals surface area contributed by atoms with Crippen molar-refractivity contribution in [1.29, 1.82) is 0 Å². The molecule has 2 fully saturated rings. The largest absolute Gasteiger partial charge is 0.494 e. The Bertz CT molecular complexity index is 957. The number of carbonyl (C=O) groups excluding carboxylic acids is 3. The topological polar surface area (TPSA) is 101 Å². The molecule has 1 saturated heterocycles. The van der Waals surface area contributed by atoms with Gasteiger partial charge in [-0.1, -0.05) is 19.3 Å². The molecule has 0 bridgehead atoms. The zero-order valence-electron chi connectivity index (χ0n) is 20.6. The maximum absolute atomic E-state index is 13.1. The minimum Gasteiger partial charge on any atom is -0.494 e. The number of nitrogens with one attached hydrogen (secondary N) is 1. The van der Waals surface area contributed by atoms with E-state index in [1.54, 1.807) is 0 Å². The number of hydrogen-bond acceptors (Lipinski definition) is 7. The number of hydrogen-bond donors (Lipinski definition) is 1. The van der Waals surface area contributed by atoms with Gasteiger partial charge in [-0.15, -0.1) is 0 Å². The first kappa shape index (κ1) is 25.0. The van der Waals surface area contributed by atoms with Crippen LogP contribution in [0.3, 0.4) is 0 Å². The van der Waals surface area contributed by atoms with Crippen molar-refractivity contribution in [3.05, 3.63) is 23.8 Å². The lowest BCUT2D eigenvalue weighted by molar-refractivity contribution is -0.141. The Morgan fingerprint density at radius 1 is 1.11 bits per heavy atom. The van der Waals surface area contributed by atoms with Gasteiger partial charge in [0.25, 0.3) is 0 Å². The molecule has 1 aliphatic carbocycles. The predicted octanol–water partition coefficient (Wildman–Crippen LogP) is 3.28. The van der Waals surface area contributed by atoms with Crippen LogP contribution in [0.1, 0.15) is 70.3 Å². The lowest BCUT2D eigenvalue weighted by Gasteiger charge is -2.34. The fourth-order valence-corrected chi connectivity index (χ4v) is 4.99. The Balaban J connectivity index is 1.23. The summed E-state index contributed by atoms with van der Waals surface area (Å²) in [4.78, 5) is 44.1. The Morgan fingerprint density at radius 3 is 2.74 bits per heavy atom. The monoisotopic (exact) mass is 484 g/mol. The maximum Gasteiger partial charge on any atom is 0.302 e. The standard InChI is InChI=1S/C26H36N4O5/c1-19(31)34-14-6-5-13-30(21-8-3-2-4-9-21)25(33)10-7-15-35-22-11-12-23-20(16-22)17-29-18-24(32)28-26(29)27-23/h11-12,16,21H,2-10,13-15,17-18H2,1H3,(H,27,28,32). The second kappa shape index (κ2) is 12.0. The van der Waals surface area contributed by atoms with Crippen molar-refractivity contribution in [2.24, 2.45) is 4.99 Å². The average Bonchev–Trinajstić information content (AvgIpc) is 3.21. The number of carbonyl (C=O) groups is 3. The Labute approximate surface area is 206 Å². The van der Waals surface area contributed by atoms with E-state index in [4.69, 9.17) is 9.47 Å². The van der Waals surface area contributed by atoms with Crippen LogP contribution in [-0.4, -0.2) is 65.9 Å². The van der Waals surface area contributed by atoms with E-state index in [0.717, 1.165) is 42.7 Å². The molecule has 3 aliphatic rings. The molecule has 9 nitrogen and oxygen atoms in total. The fourth-order valence-electron chi connectivity index (χ4n) is 4.99. The van der Waals surface area contributed by atoms with Gasteiger partial charge in [-0.25, -0.2) is 4.99 Å². The van der Waals surface area contributed by atoms with Gasteiger partial charge in [0.2, 0.25) is 17.8 Å². The van der Waals surface area contributed by atoms with Crippen LogP contribution in [0.15, 0.2) is 23.2 Å². The van der Waals surface area contributed by atoms with Crippen LogP contribution < -0.4 is 10.1 Å². The molecule has 2 aliphatic heterocycles. The quantitative estimate of drug-likeness (QED) is 0.382. The number of ether oxygens (including phenoxy) is 2. The van der Waals surface area contributed by atoms with Crippen LogP contribution in [0.2, 0.25) is 0 Å². The van der Waals surface area contributed by atoms with E-state index in [1.165, 1.54) is 26.2 Å². The number of nitrogens with zero attached hydrogens (tertiary/aromatic N) is 3. The number of fused-ring (bicyclic) bond motifs is 2. The van der Waals surface area contributed by atoms with Crippen molar-refractivity contribution in [1.82, 2.24) is 15.1 Å². The van der Waals surface area contributed by atoms with Gasteiger partial charge in [0.1, 0.15) is 12.3 Å². The van der Waals surface area contributed by atoms with Crippen LogP contribution in [0.25, 0.3) is 0 Å². The molecule has 1 N–H and O–H groups in total. The third-order valence-electron chi connectivity index (χ3n) is 6.76. The summed E-state index contributed by atoms with van der Waals surface area (Å²) in [6.07, 6.45) is 8.46. The number of esters is 1. The third-order valence-corrected chi connectivity index (χ3v) is 6.76. The molecule has 1 aromatic rings. The molecule has 0 spiro atoms. The summed E-state index contributed by atoms with van der Waals surface area (Å²) in [5.41, 5.74) is 1.87. The number of benzene rings is 1. The summed E-state index contributed by atoms with van der Waals surface area (Å²) in [5.74, 6) is 1.26. The van der Waals surface area contributed by atoms with Gasteiger partial charge in [0.15, 0.2) is 0 Å². The maximum atomic E-state index is 13.1. The lowest BCUT2D eigenvalue weighted by atomic mass is 9.93. The number of unbranched alkanes of at least 4 members (excludes halogenated alkanes) is 1. The molecule has 2 heterocycles. The van der Waals surface area contributed by atoms with Gasteiger partial charge in [-0.05, 0) is 50.3 Å². The second-order valence-electron chi connectivity index (χ2n) is 9.51. The third kappa shape index (κ3) is 6.96. The minimum atomic E-state index is -0.259. The van der Waals surface area contributed by atoms with Gasteiger partial charge >= 0.3 is 5.97 Å². The highest BCUT2D eigenvalue weighted by Crippen LogP contribution is 2.30. The first-order valence-corrected chi connectivity index (χ1v) is 12.8. The highest BCUT2D eigenvalue weighted by atomic mass is 16.5. The van der Waals surface area contributed by atoms with Gasteiger partial charge < -0.3 is 19.3 Å². The van der Waals surface area contributed by atoms with Crippen LogP contribution in [0.4, 0.5) is 5.69 Å². The molecule has 0 unspecified atom stereocenters. The SMILES string of the molecule is CC(=O)OCCCCN(C(=O)CCCOc1ccc2c(c1)CN1CC(=O)NC1=N2)C1CCCCC1. The molecule has 190 valence electrons. The van der Waals surface area contributed by atoms with E-state index in [-0.39, 0.29) is 17.8 Å². The van der Waals surface area contributed by atoms with Crippen molar-refractivity contribution in [3.8, 4) is 5.75 Å². The van der Waals surface area contributed by atoms with E-state index >= 15 is 0 Å². The van der Waals surface area contributed by atoms with Crippen molar-refractivity contribution in [2.45, 2.75) is 77.3 Å². The summed E-state index contributed by atoms with van der Waals surface area (Å²) in [7, 11) is 0. The Kier molecular flexibility index (Phi) is 8.60. The van der Waals surface area contributed by atoms with E-state index in [0.29, 0.717) is 57.7 Å². The molecule has 0 aromatic heterocycles. The lowest BCUT2D eigenvalue weighted by Crippen LogP contribution is -2.42. The number of rotatable bonds is 11. The summed E-state index contributed by atoms with van der Waals surface area (Å²) < 4.78 is 11.0.